The van der Waals surface area contributed by atoms with Gasteiger partial charge in [0.25, 0.3) is 5.91 Å². The average molecular weight is 453 g/mol. The third-order valence-electron chi connectivity index (χ3n) is 4.49. The fourth-order valence-electron chi connectivity index (χ4n) is 2.93. The fourth-order valence-corrected chi connectivity index (χ4v) is 4.06. The van der Waals surface area contributed by atoms with E-state index < -0.39 is 11.7 Å². The van der Waals surface area contributed by atoms with Crippen molar-refractivity contribution in [3.63, 3.8) is 0 Å². The number of hydrogen-bond acceptors (Lipinski definition) is 4. The van der Waals surface area contributed by atoms with Crippen molar-refractivity contribution in [3.05, 3.63) is 101 Å². The van der Waals surface area contributed by atoms with Crippen molar-refractivity contribution in [1.29, 1.82) is 0 Å². The van der Waals surface area contributed by atoms with Crippen molar-refractivity contribution in [1.82, 2.24) is 14.8 Å². The zero-order chi connectivity index (χ0) is 21.8. The topological polar surface area (TPSA) is 59.8 Å². The number of rotatable bonds is 6. The smallest absolute Gasteiger partial charge is 0.255 e. The zero-order valence-corrected chi connectivity index (χ0v) is 18.1. The minimum Gasteiger partial charge on any atom is -0.321 e. The van der Waals surface area contributed by atoms with E-state index in [9.17, 15) is 9.18 Å². The summed E-state index contributed by atoms with van der Waals surface area (Å²) in [6.45, 7) is 2.55. The molecule has 1 aromatic heterocycles. The second-order valence-corrected chi connectivity index (χ2v) is 8.22. The summed E-state index contributed by atoms with van der Waals surface area (Å²) >= 11 is 7.42. The number of nitrogens with one attached hydrogen (secondary N) is 1. The lowest BCUT2D eigenvalue weighted by Crippen LogP contribution is -2.12. The lowest BCUT2D eigenvalue weighted by Gasteiger charge is -2.11. The molecule has 0 bridgehead atoms. The van der Waals surface area contributed by atoms with Crippen LogP contribution >= 0.6 is 23.4 Å². The Morgan fingerprint density at radius 3 is 2.65 bits per heavy atom. The van der Waals surface area contributed by atoms with E-state index in [0.717, 1.165) is 10.5 Å². The molecule has 4 rings (SSSR count). The maximum Gasteiger partial charge on any atom is 0.255 e. The number of carbonyl (C=O) groups excluding carboxylic acids is 1. The Labute approximate surface area is 188 Å². The highest BCUT2D eigenvalue weighted by Crippen LogP contribution is 2.33. The van der Waals surface area contributed by atoms with Gasteiger partial charge in [-0.1, -0.05) is 48.0 Å². The second kappa shape index (κ2) is 9.32. The fraction of sp³-hybridized carbons (Fsp3) is 0.0870. The van der Waals surface area contributed by atoms with Gasteiger partial charge >= 0.3 is 0 Å². The number of benzene rings is 3. The summed E-state index contributed by atoms with van der Waals surface area (Å²) in [6, 6.07) is 21.0. The Morgan fingerprint density at radius 2 is 1.87 bits per heavy atom. The SMILES string of the molecule is Cc1ccc(Cn2nc(Cl)nc2Sc2ccccc2NC(=O)c2cccc(F)c2)cc1. The lowest BCUT2D eigenvalue weighted by molar-refractivity contribution is 0.102. The van der Waals surface area contributed by atoms with Crippen LogP contribution in [0.4, 0.5) is 10.1 Å². The van der Waals surface area contributed by atoms with Gasteiger partial charge in [0.2, 0.25) is 5.28 Å². The number of anilines is 1. The highest BCUT2D eigenvalue weighted by molar-refractivity contribution is 7.99. The molecule has 156 valence electrons. The Morgan fingerprint density at radius 1 is 1.10 bits per heavy atom. The largest absolute Gasteiger partial charge is 0.321 e. The number of halogens is 2. The average Bonchev–Trinajstić information content (AvgIpc) is 3.09. The summed E-state index contributed by atoms with van der Waals surface area (Å²) in [7, 11) is 0. The third kappa shape index (κ3) is 5.31. The Kier molecular flexibility index (Phi) is 6.34. The molecule has 0 unspecified atom stereocenters. The number of para-hydroxylation sites is 1. The van der Waals surface area contributed by atoms with Crippen molar-refractivity contribution >= 4 is 35.0 Å². The van der Waals surface area contributed by atoms with Gasteiger partial charge in [-0.05, 0) is 66.2 Å². The standard InChI is InChI=1S/C23H18ClFN4OS/c1-15-9-11-16(12-10-15)14-29-23(27-22(24)28-29)31-20-8-3-2-7-19(20)26-21(30)17-5-4-6-18(25)13-17/h2-13H,14H2,1H3,(H,26,30). The Bertz CT molecular complexity index is 1230. The van der Waals surface area contributed by atoms with Gasteiger partial charge < -0.3 is 5.32 Å². The molecule has 3 aromatic carbocycles. The summed E-state index contributed by atoms with van der Waals surface area (Å²) in [5.41, 5.74) is 3.08. The first kappa shape index (κ1) is 21.1. The molecular formula is C23H18ClFN4OS. The van der Waals surface area contributed by atoms with Crippen LogP contribution in [0.2, 0.25) is 5.28 Å². The van der Waals surface area contributed by atoms with Crippen LogP contribution in [-0.2, 0) is 6.54 Å². The highest BCUT2D eigenvalue weighted by Gasteiger charge is 2.15. The van der Waals surface area contributed by atoms with Crippen LogP contribution in [0.1, 0.15) is 21.5 Å². The third-order valence-corrected chi connectivity index (χ3v) is 5.71. The van der Waals surface area contributed by atoms with Crippen molar-refractivity contribution in [2.24, 2.45) is 0 Å². The number of carbonyl (C=O) groups is 1. The first-order chi connectivity index (χ1) is 15.0. The lowest BCUT2D eigenvalue weighted by atomic mass is 10.1. The maximum absolute atomic E-state index is 13.5. The van der Waals surface area contributed by atoms with E-state index in [-0.39, 0.29) is 10.8 Å². The first-order valence-electron chi connectivity index (χ1n) is 9.47. The number of aromatic nitrogens is 3. The summed E-state index contributed by atoms with van der Waals surface area (Å²) in [4.78, 5) is 17.7. The predicted octanol–water partition coefficient (Wildman–Crippen LogP) is 5.83. The normalized spacial score (nSPS) is 10.8. The summed E-state index contributed by atoms with van der Waals surface area (Å²) < 4.78 is 15.2. The van der Waals surface area contributed by atoms with Crippen LogP contribution in [0.5, 0.6) is 0 Å². The summed E-state index contributed by atoms with van der Waals surface area (Å²) in [5.74, 6) is -0.860. The number of nitrogens with zero attached hydrogens (tertiary/aromatic N) is 3. The van der Waals surface area contributed by atoms with Gasteiger partial charge in [0.05, 0.1) is 12.2 Å². The monoisotopic (exact) mass is 452 g/mol. The van der Waals surface area contributed by atoms with Gasteiger partial charge in [0, 0.05) is 10.5 Å². The van der Waals surface area contributed by atoms with Gasteiger partial charge in [-0.15, -0.1) is 5.10 Å². The van der Waals surface area contributed by atoms with Crippen molar-refractivity contribution in [3.8, 4) is 0 Å². The highest BCUT2D eigenvalue weighted by atomic mass is 35.5. The molecule has 0 saturated carbocycles. The molecule has 1 N–H and O–H groups in total. The quantitative estimate of drug-likeness (QED) is 0.399. The number of aryl methyl sites for hydroxylation is 1. The molecule has 0 aliphatic rings. The molecule has 1 heterocycles. The number of amides is 1. The van der Waals surface area contributed by atoms with E-state index in [4.69, 9.17) is 11.6 Å². The molecule has 5 nitrogen and oxygen atoms in total. The van der Waals surface area contributed by atoms with E-state index in [1.165, 1.54) is 35.5 Å². The summed E-state index contributed by atoms with van der Waals surface area (Å²) in [5, 5.41) is 7.88. The van der Waals surface area contributed by atoms with Crippen molar-refractivity contribution in [2.45, 2.75) is 23.5 Å². The molecule has 0 atom stereocenters. The van der Waals surface area contributed by atoms with Crippen LogP contribution in [0.15, 0.2) is 82.8 Å². The molecule has 1 amide bonds. The molecular weight excluding hydrogens is 435 g/mol. The predicted molar refractivity (Wildman–Crippen MR) is 120 cm³/mol. The van der Waals surface area contributed by atoms with Crippen LogP contribution in [0.3, 0.4) is 0 Å². The molecule has 0 fully saturated rings. The van der Waals surface area contributed by atoms with Gasteiger partial charge in [0.15, 0.2) is 5.16 Å². The van der Waals surface area contributed by atoms with E-state index in [2.05, 4.69) is 15.4 Å². The molecule has 4 aromatic rings. The minimum absolute atomic E-state index is 0.149. The van der Waals surface area contributed by atoms with Crippen LogP contribution in [0, 0.1) is 12.7 Å². The van der Waals surface area contributed by atoms with Crippen LogP contribution in [-0.4, -0.2) is 20.7 Å². The van der Waals surface area contributed by atoms with E-state index in [1.807, 2.05) is 49.4 Å². The van der Waals surface area contributed by atoms with Crippen LogP contribution < -0.4 is 5.32 Å². The molecule has 0 spiro atoms. The van der Waals surface area contributed by atoms with E-state index >= 15 is 0 Å². The van der Waals surface area contributed by atoms with Crippen LogP contribution in [0.25, 0.3) is 0 Å². The Hall–Kier alpha value is -3.16. The summed E-state index contributed by atoms with van der Waals surface area (Å²) in [6.07, 6.45) is 0. The molecule has 31 heavy (non-hydrogen) atoms. The molecule has 8 heteroatoms. The van der Waals surface area contributed by atoms with Gasteiger partial charge in [-0.25, -0.2) is 9.07 Å². The second-order valence-electron chi connectivity index (χ2n) is 6.87. The van der Waals surface area contributed by atoms with E-state index in [1.54, 1.807) is 16.8 Å². The van der Waals surface area contributed by atoms with Gasteiger partial charge in [-0.3, -0.25) is 4.79 Å². The maximum atomic E-state index is 13.5. The van der Waals surface area contributed by atoms with Crippen molar-refractivity contribution < 1.29 is 9.18 Å². The van der Waals surface area contributed by atoms with Gasteiger partial charge in [0.1, 0.15) is 5.82 Å². The Balaban J connectivity index is 1.57. The molecule has 0 aliphatic carbocycles. The molecule has 0 saturated heterocycles. The first-order valence-corrected chi connectivity index (χ1v) is 10.7. The molecule has 0 aliphatic heterocycles. The minimum atomic E-state index is -0.464. The van der Waals surface area contributed by atoms with Crippen molar-refractivity contribution in [2.75, 3.05) is 5.32 Å². The molecule has 0 radical (unpaired) electrons. The van der Waals surface area contributed by atoms with E-state index in [0.29, 0.717) is 17.4 Å². The van der Waals surface area contributed by atoms with Gasteiger partial charge in [-0.2, -0.15) is 4.98 Å². The zero-order valence-electron chi connectivity index (χ0n) is 16.5. The number of hydrogen-bond donors (Lipinski definition) is 1.